The number of halogens is 1. The Morgan fingerprint density at radius 1 is 1.17 bits per heavy atom. The molecule has 0 spiro atoms. The third-order valence-corrected chi connectivity index (χ3v) is 6.61. The lowest BCUT2D eigenvalue weighted by atomic mass is 10.0. The summed E-state index contributed by atoms with van der Waals surface area (Å²) in [4.78, 5) is 26.8. The van der Waals surface area contributed by atoms with E-state index < -0.39 is 0 Å². The van der Waals surface area contributed by atoms with E-state index in [-0.39, 0.29) is 18.0 Å². The number of rotatable bonds is 8. The van der Waals surface area contributed by atoms with Crippen molar-refractivity contribution in [2.45, 2.75) is 39.2 Å². The largest absolute Gasteiger partial charge is 0.349 e. The second-order valence-corrected chi connectivity index (χ2v) is 8.50. The number of urea groups is 1. The monoisotopic (exact) mass is 420 g/mol. The van der Waals surface area contributed by atoms with Gasteiger partial charge in [-0.3, -0.25) is 4.79 Å². The Bertz CT molecular complexity index is 691. The maximum Gasteiger partial charge on any atom is 0.317 e. The van der Waals surface area contributed by atoms with Gasteiger partial charge < -0.3 is 20.9 Å². The lowest BCUT2D eigenvalue weighted by Gasteiger charge is -2.27. The lowest BCUT2D eigenvalue weighted by molar-refractivity contribution is 0.0928. The Kier molecular flexibility index (Phi) is 7.78. The van der Waals surface area contributed by atoms with Gasteiger partial charge in [0.2, 0.25) is 0 Å². The van der Waals surface area contributed by atoms with Crippen LogP contribution in [-0.4, -0.2) is 55.6 Å². The van der Waals surface area contributed by atoms with Gasteiger partial charge in [-0.2, -0.15) is 0 Å². The number of benzene rings is 1. The van der Waals surface area contributed by atoms with Crippen LogP contribution in [0.3, 0.4) is 0 Å². The average molecular weight is 421 g/mol. The summed E-state index contributed by atoms with van der Waals surface area (Å²) in [7, 11) is 0. The molecule has 0 radical (unpaired) electrons. The van der Waals surface area contributed by atoms with Crippen LogP contribution in [0.5, 0.6) is 0 Å². The first kappa shape index (κ1) is 21.9. The van der Waals surface area contributed by atoms with E-state index in [2.05, 4.69) is 29.8 Å². The highest BCUT2D eigenvalue weighted by molar-refractivity contribution is 6.30. The summed E-state index contributed by atoms with van der Waals surface area (Å²) >= 11 is 5.92. The quantitative estimate of drug-likeness (QED) is 0.605. The van der Waals surface area contributed by atoms with Crippen molar-refractivity contribution in [1.29, 1.82) is 0 Å². The summed E-state index contributed by atoms with van der Waals surface area (Å²) in [6, 6.07) is 7.22. The van der Waals surface area contributed by atoms with E-state index in [9.17, 15) is 9.59 Å². The third kappa shape index (κ3) is 5.64. The zero-order valence-electron chi connectivity index (χ0n) is 17.4. The maximum atomic E-state index is 12.6. The summed E-state index contributed by atoms with van der Waals surface area (Å²) in [6.45, 7) is 8.30. The van der Waals surface area contributed by atoms with Gasteiger partial charge in [0.15, 0.2) is 0 Å². The molecule has 1 aliphatic heterocycles. The van der Waals surface area contributed by atoms with Gasteiger partial charge in [-0.05, 0) is 54.9 Å². The minimum atomic E-state index is -0.0407. The van der Waals surface area contributed by atoms with Gasteiger partial charge in [0, 0.05) is 49.4 Å². The van der Waals surface area contributed by atoms with Crippen molar-refractivity contribution < 1.29 is 9.59 Å². The fraction of sp³-hybridized carbons (Fsp3) is 0.636. The highest BCUT2D eigenvalue weighted by Crippen LogP contribution is 2.53. The van der Waals surface area contributed by atoms with Crippen molar-refractivity contribution in [2.24, 2.45) is 17.8 Å². The maximum absolute atomic E-state index is 12.6. The van der Waals surface area contributed by atoms with E-state index in [0.29, 0.717) is 34.9 Å². The molecule has 6 nitrogen and oxygen atoms in total. The van der Waals surface area contributed by atoms with Crippen LogP contribution in [0, 0.1) is 17.8 Å². The van der Waals surface area contributed by atoms with Gasteiger partial charge >= 0.3 is 6.03 Å². The van der Waals surface area contributed by atoms with E-state index in [1.807, 2.05) is 4.90 Å². The molecule has 4 atom stereocenters. The summed E-state index contributed by atoms with van der Waals surface area (Å²) in [5.74, 6) is 1.61. The zero-order chi connectivity index (χ0) is 20.8. The van der Waals surface area contributed by atoms with Gasteiger partial charge in [0.25, 0.3) is 5.91 Å². The van der Waals surface area contributed by atoms with Gasteiger partial charge in [0.05, 0.1) is 0 Å². The van der Waals surface area contributed by atoms with E-state index in [1.54, 1.807) is 24.3 Å². The molecule has 0 aromatic heterocycles. The SMILES string of the molecule is CCC(NC(=O)c1ccc(Cl)cc1)C1C(CC)C1CCNC(=O)N1CCNCC1. The molecule has 2 fully saturated rings. The Morgan fingerprint density at radius 2 is 1.86 bits per heavy atom. The second-order valence-electron chi connectivity index (χ2n) is 8.07. The number of hydrogen-bond donors (Lipinski definition) is 3. The van der Waals surface area contributed by atoms with E-state index in [1.165, 1.54) is 0 Å². The molecule has 1 heterocycles. The van der Waals surface area contributed by atoms with E-state index >= 15 is 0 Å². The molecule has 2 aliphatic rings. The van der Waals surface area contributed by atoms with Gasteiger partial charge in [-0.1, -0.05) is 31.9 Å². The smallest absolute Gasteiger partial charge is 0.317 e. The molecule has 29 heavy (non-hydrogen) atoms. The predicted molar refractivity (Wildman–Crippen MR) is 116 cm³/mol. The molecule has 0 bridgehead atoms. The van der Waals surface area contributed by atoms with Crippen molar-refractivity contribution >= 4 is 23.5 Å². The normalized spacial score (nSPS) is 24.7. The minimum Gasteiger partial charge on any atom is -0.349 e. The van der Waals surface area contributed by atoms with Crippen LogP contribution >= 0.6 is 11.6 Å². The first-order valence-corrected chi connectivity index (χ1v) is 11.2. The minimum absolute atomic E-state index is 0.0407. The summed E-state index contributed by atoms with van der Waals surface area (Å²) < 4.78 is 0. The van der Waals surface area contributed by atoms with Crippen molar-refractivity contribution in [3.05, 3.63) is 34.9 Å². The van der Waals surface area contributed by atoms with Crippen LogP contribution < -0.4 is 16.0 Å². The van der Waals surface area contributed by atoms with Gasteiger partial charge in [0.1, 0.15) is 0 Å². The molecule has 1 aliphatic carbocycles. The Hall–Kier alpha value is -1.79. The number of nitrogens with one attached hydrogen (secondary N) is 3. The topological polar surface area (TPSA) is 73.5 Å². The van der Waals surface area contributed by atoms with Crippen LogP contribution in [0.2, 0.25) is 5.02 Å². The lowest BCUT2D eigenvalue weighted by Crippen LogP contribution is -2.50. The highest BCUT2D eigenvalue weighted by Gasteiger charge is 2.51. The van der Waals surface area contributed by atoms with Crippen LogP contribution in [-0.2, 0) is 0 Å². The number of carbonyl (C=O) groups is 2. The molecule has 7 heteroatoms. The molecule has 1 aromatic carbocycles. The zero-order valence-corrected chi connectivity index (χ0v) is 18.2. The molecular formula is C22H33ClN4O2. The Morgan fingerprint density at radius 3 is 2.48 bits per heavy atom. The number of piperazine rings is 1. The molecule has 1 aromatic rings. The fourth-order valence-corrected chi connectivity index (χ4v) is 4.83. The number of amides is 3. The Balaban J connectivity index is 1.48. The molecule has 160 valence electrons. The summed E-state index contributed by atoms with van der Waals surface area (Å²) in [5, 5.41) is 10.2. The van der Waals surface area contributed by atoms with Crippen molar-refractivity contribution in [3.63, 3.8) is 0 Å². The third-order valence-electron chi connectivity index (χ3n) is 6.35. The standard InChI is InChI=1S/C22H33ClN4O2/c1-3-17-18(9-10-25-22(29)27-13-11-24-12-14-27)20(17)19(4-2)26-21(28)15-5-7-16(23)8-6-15/h5-8,17-20,24H,3-4,9-14H2,1-2H3,(H,25,29)(H,26,28). The van der Waals surface area contributed by atoms with Crippen LogP contribution in [0.25, 0.3) is 0 Å². The second kappa shape index (κ2) is 10.3. The Labute approximate surface area is 178 Å². The van der Waals surface area contributed by atoms with Crippen molar-refractivity contribution in [1.82, 2.24) is 20.9 Å². The molecule has 1 saturated carbocycles. The van der Waals surface area contributed by atoms with E-state index in [4.69, 9.17) is 11.6 Å². The average Bonchev–Trinajstić information content (AvgIpc) is 3.45. The first-order valence-electron chi connectivity index (χ1n) is 10.8. The molecule has 3 amide bonds. The number of hydrogen-bond acceptors (Lipinski definition) is 3. The summed E-state index contributed by atoms with van der Waals surface area (Å²) in [5.41, 5.74) is 0.640. The molecule has 3 N–H and O–H groups in total. The van der Waals surface area contributed by atoms with Crippen LogP contribution in [0.15, 0.2) is 24.3 Å². The number of carbonyl (C=O) groups excluding carboxylic acids is 2. The highest BCUT2D eigenvalue weighted by atomic mass is 35.5. The fourth-order valence-electron chi connectivity index (χ4n) is 4.70. The van der Waals surface area contributed by atoms with Crippen molar-refractivity contribution in [2.75, 3.05) is 32.7 Å². The van der Waals surface area contributed by atoms with Crippen LogP contribution in [0.4, 0.5) is 4.79 Å². The van der Waals surface area contributed by atoms with Crippen LogP contribution in [0.1, 0.15) is 43.5 Å². The van der Waals surface area contributed by atoms with E-state index in [0.717, 1.165) is 45.4 Å². The van der Waals surface area contributed by atoms with Crippen molar-refractivity contribution in [3.8, 4) is 0 Å². The van der Waals surface area contributed by atoms with Gasteiger partial charge in [-0.25, -0.2) is 4.79 Å². The first-order chi connectivity index (χ1) is 14.0. The number of nitrogens with zero attached hydrogens (tertiary/aromatic N) is 1. The predicted octanol–water partition coefficient (Wildman–Crippen LogP) is 3.13. The molecule has 1 saturated heterocycles. The molecule has 4 unspecified atom stereocenters. The summed E-state index contributed by atoms with van der Waals surface area (Å²) in [6.07, 6.45) is 2.98. The molecular weight excluding hydrogens is 388 g/mol. The van der Waals surface area contributed by atoms with Gasteiger partial charge in [-0.15, -0.1) is 0 Å². The molecule has 3 rings (SSSR count).